The van der Waals surface area contributed by atoms with E-state index in [9.17, 15) is 0 Å². The molecule has 232 valence electrons. The van der Waals surface area contributed by atoms with Crippen LogP contribution in [0.5, 0.6) is 0 Å². The van der Waals surface area contributed by atoms with Crippen LogP contribution in [0.3, 0.4) is 0 Å². The van der Waals surface area contributed by atoms with Gasteiger partial charge in [-0.1, -0.05) is 127 Å². The van der Waals surface area contributed by atoms with E-state index in [-0.39, 0.29) is 0 Å². The van der Waals surface area contributed by atoms with Gasteiger partial charge < -0.3 is 14.2 Å². The fourth-order valence-corrected chi connectivity index (χ4v) is 6.99. The highest BCUT2D eigenvalue weighted by Crippen LogP contribution is 2.52. The first-order valence-electron chi connectivity index (χ1n) is 16.6. The van der Waals surface area contributed by atoms with E-state index >= 15 is 0 Å². The maximum atomic E-state index is 6.81. The lowest BCUT2D eigenvalue weighted by atomic mass is 10.0. The van der Waals surface area contributed by atoms with Crippen molar-refractivity contribution in [1.82, 2.24) is 0 Å². The van der Waals surface area contributed by atoms with Gasteiger partial charge in [-0.3, -0.25) is 0 Å². The molecule has 9 aromatic rings. The first-order valence-corrected chi connectivity index (χ1v) is 16.6. The molecule has 0 aliphatic carbocycles. The molecule has 0 unspecified atom stereocenters. The van der Waals surface area contributed by atoms with Crippen LogP contribution in [0.1, 0.15) is 0 Å². The zero-order valence-electron chi connectivity index (χ0n) is 26.8. The minimum absolute atomic E-state index is 0.841. The molecule has 0 bridgehead atoms. The Labute approximate surface area is 285 Å². The quantitative estimate of drug-likeness (QED) is 0.175. The molecule has 0 saturated heterocycles. The second-order valence-corrected chi connectivity index (χ2v) is 12.2. The molecule has 8 aromatic carbocycles. The molecule has 3 nitrogen and oxygen atoms in total. The molecule has 9 rings (SSSR count). The monoisotopic (exact) mass is 628 g/mol. The third kappa shape index (κ3) is 5.09. The number of rotatable bonds is 7. The molecule has 49 heavy (non-hydrogen) atoms. The van der Waals surface area contributed by atoms with Crippen molar-refractivity contribution in [2.75, 3.05) is 9.80 Å². The predicted molar refractivity (Wildman–Crippen MR) is 206 cm³/mol. The topological polar surface area (TPSA) is 19.6 Å². The molecular weight excluding hydrogens is 597 g/mol. The SMILES string of the molecule is c1ccc(-c2cccc(N(c3ccccc3)c3ccc4oc5c6ccccc6ccc5c4c3N(c3ccccc3)c3ccccc3)c2)cc1. The lowest BCUT2D eigenvalue weighted by molar-refractivity contribution is 0.672. The minimum Gasteiger partial charge on any atom is -0.455 e. The van der Waals surface area contributed by atoms with Crippen molar-refractivity contribution in [2.45, 2.75) is 0 Å². The van der Waals surface area contributed by atoms with Crippen LogP contribution in [0.4, 0.5) is 34.1 Å². The van der Waals surface area contributed by atoms with Crippen LogP contribution in [0.25, 0.3) is 43.8 Å². The third-order valence-electron chi connectivity index (χ3n) is 9.20. The molecule has 0 atom stereocenters. The molecule has 1 heterocycles. The smallest absolute Gasteiger partial charge is 0.143 e. The van der Waals surface area contributed by atoms with Gasteiger partial charge in [0.25, 0.3) is 0 Å². The Balaban J connectivity index is 1.41. The highest BCUT2D eigenvalue weighted by atomic mass is 16.3. The Bertz CT molecular complexity index is 2500. The normalized spacial score (nSPS) is 11.3. The number of para-hydroxylation sites is 3. The number of furan rings is 1. The van der Waals surface area contributed by atoms with Gasteiger partial charge in [0.2, 0.25) is 0 Å². The molecule has 0 aliphatic rings. The fourth-order valence-electron chi connectivity index (χ4n) is 6.99. The maximum absolute atomic E-state index is 6.81. The van der Waals surface area contributed by atoms with Gasteiger partial charge >= 0.3 is 0 Å². The molecule has 0 fully saturated rings. The molecule has 0 amide bonds. The highest BCUT2D eigenvalue weighted by Gasteiger charge is 2.27. The summed E-state index contributed by atoms with van der Waals surface area (Å²) in [5.74, 6) is 0. The van der Waals surface area contributed by atoms with Crippen molar-refractivity contribution in [3.05, 3.63) is 194 Å². The standard InChI is InChI=1S/C46H32N2O/c1-5-16-33(17-6-1)35-19-15-26-39(32-35)47(36-20-7-2-8-21-36)42-30-31-43-44(41-29-28-34-18-13-14-27-40(34)46(41)49-43)45(42)48(37-22-9-3-10-23-37)38-24-11-4-12-25-38/h1-32H. The number of hydrogen-bond donors (Lipinski definition) is 0. The Morgan fingerprint density at radius 3 is 1.59 bits per heavy atom. The van der Waals surface area contributed by atoms with E-state index in [0.717, 1.165) is 72.4 Å². The lowest BCUT2D eigenvalue weighted by Crippen LogP contribution is -2.17. The number of fused-ring (bicyclic) bond motifs is 5. The molecule has 0 saturated carbocycles. The van der Waals surface area contributed by atoms with Crippen molar-refractivity contribution >= 4 is 66.8 Å². The van der Waals surface area contributed by atoms with Crippen LogP contribution in [0, 0.1) is 0 Å². The molecule has 0 radical (unpaired) electrons. The summed E-state index contributed by atoms with van der Waals surface area (Å²) in [7, 11) is 0. The van der Waals surface area contributed by atoms with Crippen LogP contribution < -0.4 is 9.80 Å². The molecular formula is C46H32N2O. The van der Waals surface area contributed by atoms with Crippen LogP contribution in [-0.4, -0.2) is 0 Å². The number of nitrogens with zero attached hydrogens (tertiary/aromatic N) is 2. The largest absolute Gasteiger partial charge is 0.455 e. The summed E-state index contributed by atoms with van der Waals surface area (Å²) in [6.45, 7) is 0. The van der Waals surface area contributed by atoms with Gasteiger partial charge in [-0.2, -0.15) is 0 Å². The molecule has 1 aromatic heterocycles. The fraction of sp³-hybridized carbons (Fsp3) is 0. The average Bonchev–Trinajstić information content (AvgIpc) is 3.57. The first-order chi connectivity index (χ1) is 24.3. The van der Waals surface area contributed by atoms with Gasteiger partial charge in [-0.25, -0.2) is 0 Å². The summed E-state index contributed by atoms with van der Waals surface area (Å²) in [4.78, 5) is 4.75. The van der Waals surface area contributed by atoms with Crippen molar-refractivity contribution in [3.63, 3.8) is 0 Å². The third-order valence-corrected chi connectivity index (χ3v) is 9.20. The Morgan fingerprint density at radius 2 is 0.918 bits per heavy atom. The van der Waals surface area contributed by atoms with Crippen molar-refractivity contribution < 1.29 is 4.42 Å². The van der Waals surface area contributed by atoms with Crippen molar-refractivity contribution in [2.24, 2.45) is 0 Å². The zero-order valence-corrected chi connectivity index (χ0v) is 26.8. The van der Waals surface area contributed by atoms with Crippen LogP contribution in [0.15, 0.2) is 199 Å². The van der Waals surface area contributed by atoms with E-state index in [0.29, 0.717) is 0 Å². The van der Waals surface area contributed by atoms with E-state index in [2.05, 4.69) is 204 Å². The molecule has 3 heteroatoms. The Morgan fingerprint density at radius 1 is 0.367 bits per heavy atom. The second kappa shape index (κ2) is 12.2. The number of anilines is 6. The van der Waals surface area contributed by atoms with Crippen molar-refractivity contribution in [1.29, 1.82) is 0 Å². The van der Waals surface area contributed by atoms with Gasteiger partial charge in [-0.05, 0) is 83.2 Å². The van der Waals surface area contributed by atoms with Crippen molar-refractivity contribution in [3.8, 4) is 11.1 Å². The zero-order chi connectivity index (χ0) is 32.6. The Hall–Kier alpha value is -6.58. The van der Waals surface area contributed by atoms with Gasteiger partial charge in [0.1, 0.15) is 11.2 Å². The van der Waals surface area contributed by atoms with Gasteiger partial charge in [0, 0.05) is 33.5 Å². The summed E-state index contributed by atoms with van der Waals surface area (Å²) >= 11 is 0. The Kier molecular flexibility index (Phi) is 7.14. The van der Waals surface area contributed by atoms with E-state index in [1.54, 1.807) is 0 Å². The van der Waals surface area contributed by atoms with Gasteiger partial charge in [-0.15, -0.1) is 0 Å². The first kappa shape index (κ1) is 28.6. The lowest BCUT2D eigenvalue weighted by Gasteiger charge is -2.33. The maximum Gasteiger partial charge on any atom is 0.143 e. The molecule has 0 N–H and O–H groups in total. The van der Waals surface area contributed by atoms with E-state index in [1.807, 2.05) is 0 Å². The molecule has 0 aliphatic heterocycles. The van der Waals surface area contributed by atoms with E-state index in [1.165, 1.54) is 5.56 Å². The summed E-state index contributed by atoms with van der Waals surface area (Å²) in [5, 5.41) is 4.40. The minimum atomic E-state index is 0.841. The van der Waals surface area contributed by atoms with Crippen LogP contribution in [0.2, 0.25) is 0 Å². The van der Waals surface area contributed by atoms with E-state index in [4.69, 9.17) is 4.42 Å². The summed E-state index contributed by atoms with van der Waals surface area (Å²) in [6, 6.07) is 68.5. The second-order valence-electron chi connectivity index (χ2n) is 12.2. The summed E-state index contributed by atoms with van der Waals surface area (Å²) in [5.41, 5.74) is 10.4. The van der Waals surface area contributed by atoms with E-state index < -0.39 is 0 Å². The number of hydrogen-bond acceptors (Lipinski definition) is 3. The van der Waals surface area contributed by atoms with Crippen LogP contribution >= 0.6 is 0 Å². The summed E-state index contributed by atoms with van der Waals surface area (Å²) < 4.78 is 6.81. The summed E-state index contributed by atoms with van der Waals surface area (Å²) in [6.07, 6.45) is 0. The highest BCUT2D eigenvalue weighted by molar-refractivity contribution is 6.22. The molecule has 0 spiro atoms. The van der Waals surface area contributed by atoms with Gasteiger partial charge in [0.15, 0.2) is 0 Å². The van der Waals surface area contributed by atoms with Gasteiger partial charge in [0.05, 0.1) is 16.8 Å². The average molecular weight is 629 g/mol. The predicted octanol–water partition coefficient (Wildman–Crippen LogP) is 13.3. The number of benzene rings is 8. The van der Waals surface area contributed by atoms with Crippen LogP contribution in [-0.2, 0) is 0 Å².